The van der Waals surface area contributed by atoms with E-state index in [9.17, 15) is 4.79 Å². The van der Waals surface area contributed by atoms with Gasteiger partial charge in [0.2, 0.25) is 5.91 Å². The van der Waals surface area contributed by atoms with E-state index < -0.39 is 0 Å². The Balaban J connectivity index is 3.75. The SMILES string of the molecule is CNC(C)C(=O)N(C)CCOC. The third kappa shape index (κ3) is 3.69. The molecule has 1 N–H and O–H groups in total. The van der Waals surface area contributed by atoms with E-state index in [0.29, 0.717) is 13.2 Å². The molecule has 1 unspecified atom stereocenters. The van der Waals surface area contributed by atoms with Gasteiger partial charge in [0, 0.05) is 20.7 Å². The molecule has 0 heterocycles. The minimum Gasteiger partial charge on any atom is -0.383 e. The zero-order chi connectivity index (χ0) is 9.56. The monoisotopic (exact) mass is 174 g/mol. The largest absolute Gasteiger partial charge is 0.383 e. The van der Waals surface area contributed by atoms with E-state index in [1.54, 1.807) is 26.1 Å². The molecule has 0 aromatic heterocycles. The van der Waals surface area contributed by atoms with Crippen molar-refractivity contribution in [1.82, 2.24) is 10.2 Å². The molecule has 0 aliphatic heterocycles. The zero-order valence-electron chi connectivity index (χ0n) is 8.26. The van der Waals surface area contributed by atoms with Crippen LogP contribution < -0.4 is 5.32 Å². The summed E-state index contributed by atoms with van der Waals surface area (Å²) in [6, 6.07) is -0.119. The first kappa shape index (κ1) is 11.4. The Hall–Kier alpha value is -0.610. The van der Waals surface area contributed by atoms with Gasteiger partial charge in [-0.2, -0.15) is 0 Å². The molecule has 0 bridgehead atoms. The third-order valence-electron chi connectivity index (χ3n) is 1.81. The van der Waals surface area contributed by atoms with Crippen LogP contribution in [0.2, 0.25) is 0 Å². The molecule has 4 heteroatoms. The van der Waals surface area contributed by atoms with Crippen LogP contribution in [0.25, 0.3) is 0 Å². The molecule has 1 atom stereocenters. The van der Waals surface area contributed by atoms with Crippen LogP contribution in [0.15, 0.2) is 0 Å². The average Bonchev–Trinajstić information content (AvgIpc) is 2.11. The van der Waals surface area contributed by atoms with Gasteiger partial charge < -0.3 is 15.0 Å². The number of likely N-dealkylation sites (N-methyl/N-ethyl adjacent to an activating group) is 2. The number of hydrogen-bond acceptors (Lipinski definition) is 3. The zero-order valence-corrected chi connectivity index (χ0v) is 8.26. The van der Waals surface area contributed by atoms with Crippen molar-refractivity contribution in [3.8, 4) is 0 Å². The number of carbonyl (C=O) groups is 1. The Morgan fingerprint density at radius 2 is 2.25 bits per heavy atom. The maximum atomic E-state index is 11.4. The molecule has 0 aliphatic carbocycles. The summed E-state index contributed by atoms with van der Waals surface area (Å²) in [7, 11) is 5.17. The summed E-state index contributed by atoms with van der Waals surface area (Å²) in [5.41, 5.74) is 0. The lowest BCUT2D eigenvalue weighted by Gasteiger charge is -2.20. The van der Waals surface area contributed by atoms with Gasteiger partial charge in [-0.3, -0.25) is 4.79 Å². The van der Waals surface area contributed by atoms with Crippen molar-refractivity contribution >= 4 is 5.91 Å². The first-order valence-corrected chi connectivity index (χ1v) is 4.04. The highest BCUT2D eigenvalue weighted by Crippen LogP contribution is 1.90. The number of amides is 1. The van der Waals surface area contributed by atoms with Crippen LogP contribution in [-0.4, -0.2) is 51.2 Å². The van der Waals surface area contributed by atoms with Crippen molar-refractivity contribution < 1.29 is 9.53 Å². The Bertz CT molecular complexity index is 139. The smallest absolute Gasteiger partial charge is 0.239 e. The molecule has 0 fully saturated rings. The predicted molar refractivity (Wildman–Crippen MR) is 48.0 cm³/mol. The van der Waals surface area contributed by atoms with Crippen LogP contribution in [0.5, 0.6) is 0 Å². The van der Waals surface area contributed by atoms with E-state index in [2.05, 4.69) is 5.32 Å². The lowest BCUT2D eigenvalue weighted by Crippen LogP contribution is -2.42. The van der Waals surface area contributed by atoms with Gasteiger partial charge in [-0.25, -0.2) is 0 Å². The van der Waals surface area contributed by atoms with Gasteiger partial charge in [-0.15, -0.1) is 0 Å². The summed E-state index contributed by atoms with van der Waals surface area (Å²) in [5, 5.41) is 2.89. The maximum Gasteiger partial charge on any atom is 0.239 e. The van der Waals surface area contributed by atoms with Gasteiger partial charge in [-0.1, -0.05) is 0 Å². The number of methoxy groups -OCH3 is 1. The molecule has 0 spiro atoms. The van der Waals surface area contributed by atoms with Gasteiger partial charge in [0.1, 0.15) is 0 Å². The van der Waals surface area contributed by atoms with Gasteiger partial charge in [0.15, 0.2) is 0 Å². The predicted octanol–water partition coefficient (Wildman–Crippen LogP) is -0.301. The minimum absolute atomic E-state index is 0.0922. The van der Waals surface area contributed by atoms with Gasteiger partial charge in [0.05, 0.1) is 12.6 Å². The Labute approximate surface area is 73.9 Å². The molecule has 72 valence electrons. The summed E-state index contributed by atoms with van der Waals surface area (Å²) < 4.78 is 4.86. The summed E-state index contributed by atoms with van der Waals surface area (Å²) in [6.07, 6.45) is 0. The van der Waals surface area contributed by atoms with Crippen LogP contribution in [0, 0.1) is 0 Å². The van der Waals surface area contributed by atoms with Crippen LogP contribution in [-0.2, 0) is 9.53 Å². The van der Waals surface area contributed by atoms with Crippen LogP contribution >= 0.6 is 0 Å². The van der Waals surface area contributed by atoms with Crippen LogP contribution in [0.4, 0.5) is 0 Å². The summed E-state index contributed by atoms with van der Waals surface area (Å²) in [4.78, 5) is 13.0. The summed E-state index contributed by atoms with van der Waals surface area (Å²) in [6.45, 7) is 3.06. The van der Waals surface area contributed by atoms with Crippen LogP contribution in [0.1, 0.15) is 6.92 Å². The van der Waals surface area contributed by atoms with Crippen molar-refractivity contribution in [3.05, 3.63) is 0 Å². The lowest BCUT2D eigenvalue weighted by molar-refractivity contribution is -0.132. The highest BCUT2D eigenvalue weighted by Gasteiger charge is 2.14. The number of carbonyl (C=O) groups excluding carboxylic acids is 1. The highest BCUT2D eigenvalue weighted by molar-refractivity contribution is 5.81. The molecular formula is C8H18N2O2. The van der Waals surface area contributed by atoms with E-state index in [1.165, 1.54) is 0 Å². The fourth-order valence-electron chi connectivity index (χ4n) is 0.792. The number of ether oxygens (including phenoxy) is 1. The van der Waals surface area contributed by atoms with Crippen LogP contribution in [0.3, 0.4) is 0 Å². The molecule has 0 aliphatic rings. The van der Waals surface area contributed by atoms with E-state index in [-0.39, 0.29) is 11.9 Å². The topological polar surface area (TPSA) is 41.6 Å². The molecule has 0 radical (unpaired) electrons. The molecule has 0 aromatic rings. The maximum absolute atomic E-state index is 11.4. The van der Waals surface area contributed by atoms with Crippen molar-refractivity contribution in [3.63, 3.8) is 0 Å². The normalized spacial score (nSPS) is 12.7. The van der Waals surface area contributed by atoms with Crippen molar-refractivity contribution in [2.45, 2.75) is 13.0 Å². The third-order valence-corrected chi connectivity index (χ3v) is 1.81. The van der Waals surface area contributed by atoms with E-state index >= 15 is 0 Å². The molecular weight excluding hydrogens is 156 g/mol. The minimum atomic E-state index is -0.119. The Morgan fingerprint density at radius 1 is 1.67 bits per heavy atom. The van der Waals surface area contributed by atoms with Crippen molar-refractivity contribution in [2.24, 2.45) is 0 Å². The number of rotatable bonds is 5. The molecule has 0 saturated heterocycles. The second-order valence-corrected chi connectivity index (χ2v) is 2.76. The highest BCUT2D eigenvalue weighted by atomic mass is 16.5. The van der Waals surface area contributed by atoms with Crippen molar-refractivity contribution in [1.29, 1.82) is 0 Å². The number of nitrogens with zero attached hydrogens (tertiary/aromatic N) is 1. The first-order chi connectivity index (χ1) is 5.63. The molecule has 0 saturated carbocycles. The van der Waals surface area contributed by atoms with E-state index in [4.69, 9.17) is 4.74 Å². The average molecular weight is 174 g/mol. The number of nitrogens with one attached hydrogen (secondary N) is 1. The second kappa shape index (κ2) is 5.97. The van der Waals surface area contributed by atoms with Gasteiger partial charge >= 0.3 is 0 Å². The van der Waals surface area contributed by atoms with E-state index in [0.717, 1.165) is 0 Å². The van der Waals surface area contributed by atoms with E-state index in [1.807, 2.05) is 6.92 Å². The quantitative estimate of drug-likeness (QED) is 0.622. The second-order valence-electron chi connectivity index (χ2n) is 2.76. The standard InChI is InChI=1S/C8H18N2O2/c1-7(9-2)8(11)10(3)5-6-12-4/h7,9H,5-6H2,1-4H3. The lowest BCUT2D eigenvalue weighted by atomic mass is 10.3. The summed E-state index contributed by atoms with van der Waals surface area (Å²) in [5.74, 6) is 0.0922. The molecule has 4 nitrogen and oxygen atoms in total. The van der Waals surface area contributed by atoms with Gasteiger partial charge in [-0.05, 0) is 14.0 Å². The Kier molecular flexibility index (Phi) is 5.66. The van der Waals surface area contributed by atoms with Gasteiger partial charge in [0.25, 0.3) is 0 Å². The molecule has 0 aromatic carbocycles. The molecule has 1 amide bonds. The number of hydrogen-bond donors (Lipinski definition) is 1. The van der Waals surface area contributed by atoms with Crippen molar-refractivity contribution in [2.75, 3.05) is 34.4 Å². The fourth-order valence-corrected chi connectivity index (χ4v) is 0.792. The molecule has 12 heavy (non-hydrogen) atoms. The Morgan fingerprint density at radius 3 is 2.67 bits per heavy atom. The first-order valence-electron chi connectivity index (χ1n) is 4.04. The fraction of sp³-hybridized carbons (Fsp3) is 0.875. The molecule has 0 rings (SSSR count). The summed E-state index contributed by atoms with van der Waals surface area (Å²) >= 11 is 0.